The second-order valence-corrected chi connectivity index (χ2v) is 5.02. The molecule has 0 saturated carbocycles. The third-order valence-electron chi connectivity index (χ3n) is 2.08. The van der Waals surface area contributed by atoms with Crippen LogP contribution in [0.4, 0.5) is 0 Å². The van der Waals surface area contributed by atoms with Crippen molar-refractivity contribution in [3.05, 3.63) is 34.6 Å². The molecule has 0 atom stereocenters. The molecule has 0 unspecified atom stereocenters. The Hall–Kier alpha value is -0.680. The van der Waals surface area contributed by atoms with Crippen molar-refractivity contribution >= 4 is 31.9 Å². The lowest BCUT2D eigenvalue weighted by molar-refractivity contribution is 0.378. The minimum Gasteiger partial charge on any atom is -0.339 e. The number of alkyl halides is 1. The molecule has 16 heavy (non-hydrogen) atoms. The lowest BCUT2D eigenvalue weighted by Gasteiger charge is -1.94. The van der Waals surface area contributed by atoms with Gasteiger partial charge in [-0.1, -0.05) is 49.1 Å². The standard InChI is InChI=1S/C11H10Br2N2O/c12-6-2-5-10-14-11(15-16-10)8-3-1-4-9(13)7-8/h1,3-4,7H,2,5-6H2. The van der Waals surface area contributed by atoms with Crippen LogP contribution in [0, 0.1) is 0 Å². The van der Waals surface area contributed by atoms with Crippen molar-refractivity contribution in [1.82, 2.24) is 10.1 Å². The third-order valence-corrected chi connectivity index (χ3v) is 3.13. The van der Waals surface area contributed by atoms with E-state index in [1.807, 2.05) is 24.3 Å². The molecule has 0 saturated heterocycles. The van der Waals surface area contributed by atoms with E-state index in [2.05, 4.69) is 42.0 Å². The van der Waals surface area contributed by atoms with E-state index in [0.717, 1.165) is 28.2 Å². The van der Waals surface area contributed by atoms with Gasteiger partial charge in [0.2, 0.25) is 11.7 Å². The maximum absolute atomic E-state index is 5.16. The molecule has 0 bridgehead atoms. The summed E-state index contributed by atoms with van der Waals surface area (Å²) >= 11 is 6.79. The molecule has 5 heteroatoms. The molecule has 0 N–H and O–H groups in total. The quantitative estimate of drug-likeness (QED) is 0.790. The summed E-state index contributed by atoms with van der Waals surface area (Å²) in [5.74, 6) is 1.33. The molecular weight excluding hydrogens is 336 g/mol. The fraction of sp³-hybridized carbons (Fsp3) is 0.273. The van der Waals surface area contributed by atoms with Gasteiger partial charge in [0.05, 0.1) is 0 Å². The predicted octanol–water partition coefficient (Wildman–Crippen LogP) is 3.83. The Morgan fingerprint density at radius 3 is 2.94 bits per heavy atom. The lowest BCUT2D eigenvalue weighted by Crippen LogP contribution is -1.86. The highest BCUT2D eigenvalue weighted by Crippen LogP contribution is 2.20. The normalized spacial score (nSPS) is 10.6. The molecule has 1 aromatic carbocycles. The molecule has 0 fully saturated rings. The van der Waals surface area contributed by atoms with Gasteiger partial charge in [0.25, 0.3) is 0 Å². The van der Waals surface area contributed by atoms with E-state index in [9.17, 15) is 0 Å². The molecule has 1 heterocycles. The highest BCUT2D eigenvalue weighted by molar-refractivity contribution is 9.10. The number of aromatic nitrogens is 2. The van der Waals surface area contributed by atoms with E-state index in [1.54, 1.807) is 0 Å². The van der Waals surface area contributed by atoms with Gasteiger partial charge in [-0.05, 0) is 18.6 Å². The SMILES string of the molecule is BrCCCc1nc(-c2cccc(Br)c2)no1. The molecule has 0 aliphatic rings. The van der Waals surface area contributed by atoms with Crippen LogP contribution in [0.1, 0.15) is 12.3 Å². The van der Waals surface area contributed by atoms with E-state index in [1.165, 1.54) is 0 Å². The van der Waals surface area contributed by atoms with E-state index in [0.29, 0.717) is 11.7 Å². The van der Waals surface area contributed by atoms with E-state index in [4.69, 9.17) is 4.52 Å². The van der Waals surface area contributed by atoms with Gasteiger partial charge in [-0.3, -0.25) is 0 Å². The fourth-order valence-corrected chi connectivity index (χ4v) is 2.00. The smallest absolute Gasteiger partial charge is 0.226 e. The lowest BCUT2D eigenvalue weighted by atomic mass is 10.2. The number of halogens is 2. The van der Waals surface area contributed by atoms with Crippen molar-refractivity contribution in [1.29, 1.82) is 0 Å². The molecule has 2 aromatic rings. The molecule has 3 nitrogen and oxygen atoms in total. The van der Waals surface area contributed by atoms with E-state index in [-0.39, 0.29) is 0 Å². The first-order valence-electron chi connectivity index (χ1n) is 4.94. The van der Waals surface area contributed by atoms with Crippen LogP contribution in [0.5, 0.6) is 0 Å². The zero-order valence-corrected chi connectivity index (χ0v) is 11.7. The zero-order valence-electron chi connectivity index (χ0n) is 8.49. The highest BCUT2D eigenvalue weighted by Gasteiger charge is 2.08. The average Bonchev–Trinajstić information content (AvgIpc) is 2.75. The van der Waals surface area contributed by atoms with Gasteiger partial charge in [0, 0.05) is 21.8 Å². The largest absolute Gasteiger partial charge is 0.339 e. The first kappa shape index (κ1) is 11.8. The van der Waals surface area contributed by atoms with Gasteiger partial charge in [-0.15, -0.1) is 0 Å². The van der Waals surface area contributed by atoms with Crippen molar-refractivity contribution in [3.8, 4) is 11.4 Å². The van der Waals surface area contributed by atoms with E-state index < -0.39 is 0 Å². The maximum Gasteiger partial charge on any atom is 0.226 e. The predicted molar refractivity (Wildman–Crippen MR) is 69.5 cm³/mol. The molecule has 0 radical (unpaired) electrons. The van der Waals surface area contributed by atoms with Crippen molar-refractivity contribution in [2.45, 2.75) is 12.8 Å². The maximum atomic E-state index is 5.16. The molecule has 84 valence electrons. The first-order chi connectivity index (χ1) is 7.79. The Labute approximate surface area is 111 Å². The number of hydrogen-bond donors (Lipinski definition) is 0. The highest BCUT2D eigenvalue weighted by atomic mass is 79.9. The van der Waals surface area contributed by atoms with Gasteiger partial charge in [0.15, 0.2) is 0 Å². The fourth-order valence-electron chi connectivity index (χ4n) is 1.32. The molecule has 1 aromatic heterocycles. The summed E-state index contributed by atoms with van der Waals surface area (Å²) in [5, 5.41) is 4.90. The summed E-state index contributed by atoms with van der Waals surface area (Å²) in [6, 6.07) is 7.85. The number of hydrogen-bond acceptors (Lipinski definition) is 3. The second kappa shape index (κ2) is 5.59. The Kier molecular flexibility index (Phi) is 4.12. The summed E-state index contributed by atoms with van der Waals surface area (Å²) in [5.41, 5.74) is 0.961. The topological polar surface area (TPSA) is 38.9 Å². The second-order valence-electron chi connectivity index (χ2n) is 3.31. The van der Waals surface area contributed by atoms with Crippen molar-refractivity contribution in [2.24, 2.45) is 0 Å². The Balaban J connectivity index is 2.18. The minimum atomic E-state index is 0.644. The number of aryl methyl sites for hydroxylation is 1. The minimum absolute atomic E-state index is 0.644. The molecule has 2 rings (SSSR count). The molecule has 0 aliphatic carbocycles. The van der Waals surface area contributed by atoms with Crippen LogP contribution in [-0.4, -0.2) is 15.5 Å². The van der Waals surface area contributed by atoms with Crippen molar-refractivity contribution in [2.75, 3.05) is 5.33 Å². The summed E-state index contributed by atoms with van der Waals surface area (Å²) < 4.78 is 6.17. The van der Waals surface area contributed by atoms with Crippen LogP contribution in [0.15, 0.2) is 33.3 Å². The first-order valence-corrected chi connectivity index (χ1v) is 6.85. The number of benzene rings is 1. The molecular formula is C11H10Br2N2O. The van der Waals surface area contributed by atoms with Gasteiger partial charge in [-0.25, -0.2) is 0 Å². The summed E-state index contributed by atoms with van der Waals surface area (Å²) in [6.45, 7) is 0. The van der Waals surface area contributed by atoms with Crippen LogP contribution >= 0.6 is 31.9 Å². The Morgan fingerprint density at radius 1 is 1.31 bits per heavy atom. The summed E-state index contributed by atoms with van der Waals surface area (Å²) in [6.07, 6.45) is 1.81. The molecule has 0 spiro atoms. The molecule has 0 aliphatic heterocycles. The Morgan fingerprint density at radius 2 is 2.19 bits per heavy atom. The monoisotopic (exact) mass is 344 g/mol. The van der Waals surface area contributed by atoms with Gasteiger partial charge >= 0.3 is 0 Å². The van der Waals surface area contributed by atoms with Crippen molar-refractivity contribution in [3.63, 3.8) is 0 Å². The van der Waals surface area contributed by atoms with Crippen LogP contribution in [0.3, 0.4) is 0 Å². The van der Waals surface area contributed by atoms with Crippen LogP contribution < -0.4 is 0 Å². The van der Waals surface area contributed by atoms with Crippen LogP contribution in [0.2, 0.25) is 0 Å². The number of rotatable bonds is 4. The van der Waals surface area contributed by atoms with Crippen molar-refractivity contribution < 1.29 is 4.52 Å². The van der Waals surface area contributed by atoms with Gasteiger partial charge in [-0.2, -0.15) is 4.98 Å². The van der Waals surface area contributed by atoms with Crippen LogP contribution in [-0.2, 0) is 6.42 Å². The zero-order chi connectivity index (χ0) is 11.4. The summed E-state index contributed by atoms with van der Waals surface area (Å²) in [4.78, 5) is 4.34. The number of nitrogens with zero attached hydrogens (tertiary/aromatic N) is 2. The summed E-state index contributed by atoms with van der Waals surface area (Å²) in [7, 11) is 0. The average molecular weight is 346 g/mol. The molecule has 0 amide bonds. The third kappa shape index (κ3) is 2.92. The Bertz CT molecular complexity index is 471. The van der Waals surface area contributed by atoms with E-state index >= 15 is 0 Å². The van der Waals surface area contributed by atoms with Gasteiger partial charge in [0.1, 0.15) is 0 Å². The van der Waals surface area contributed by atoms with Crippen LogP contribution in [0.25, 0.3) is 11.4 Å². The van der Waals surface area contributed by atoms with Gasteiger partial charge < -0.3 is 4.52 Å².